The molecule has 4 heteroatoms. The van der Waals surface area contributed by atoms with Crippen molar-refractivity contribution < 1.29 is 4.42 Å². The summed E-state index contributed by atoms with van der Waals surface area (Å²) in [4.78, 5) is 15.0. The van der Waals surface area contributed by atoms with Crippen LogP contribution in [0.4, 0.5) is 0 Å². The van der Waals surface area contributed by atoms with Crippen LogP contribution in [0.3, 0.4) is 0 Å². The Hall–Kier alpha value is -7.43. The van der Waals surface area contributed by atoms with Crippen LogP contribution in [0.2, 0.25) is 0 Å². The van der Waals surface area contributed by atoms with Gasteiger partial charge >= 0.3 is 0 Å². The summed E-state index contributed by atoms with van der Waals surface area (Å²) in [6, 6.07) is 65.8. The van der Waals surface area contributed by atoms with E-state index in [1.807, 2.05) is 60.7 Å². The third-order valence-electron chi connectivity index (χ3n) is 10.7. The van der Waals surface area contributed by atoms with Crippen LogP contribution in [0.1, 0.15) is 0 Å². The first-order valence-electron chi connectivity index (χ1n) is 18.5. The number of hydrogen-bond donors (Lipinski definition) is 0. The number of nitrogens with zero attached hydrogens (tertiary/aromatic N) is 3. The molecule has 0 radical (unpaired) electrons. The third kappa shape index (κ3) is 5.26. The van der Waals surface area contributed by atoms with E-state index in [9.17, 15) is 0 Å². The van der Waals surface area contributed by atoms with Crippen LogP contribution in [0.25, 0.3) is 111 Å². The average molecular weight is 702 g/mol. The van der Waals surface area contributed by atoms with Gasteiger partial charge in [-0.15, -0.1) is 0 Å². The first-order valence-corrected chi connectivity index (χ1v) is 18.5. The molecule has 0 spiro atoms. The number of fused-ring (bicyclic) bond motifs is 6. The van der Waals surface area contributed by atoms with E-state index in [4.69, 9.17) is 19.4 Å². The van der Waals surface area contributed by atoms with Crippen LogP contribution in [0, 0.1) is 0 Å². The second-order valence-electron chi connectivity index (χ2n) is 14.0. The van der Waals surface area contributed by atoms with Gasteiger partial charge in [-0.25, -0.2) is 15.0 Å². The van der Waals surface area contributed by atoms with Crippen molar-refractivity contribution in [3.8, 4) is 56.4 Å². The minimum Gasteiger partial charge on any atom is -0.455 e. The molecule has 2 heterocycles. The molecule has 0 aliphatic carbocycles. The molecule has 0 bridgehead atoms. The van der Waals surface area contributed by atoms with E-state index in [1.54, 1.807) is 0 Å². The quantitative estimate of drug-likeness (QED) is 0.179. The lowest BCUT2D eigenvalue weighted by Gasteiger charge is -2.13. The fourth-order valence-electron chi connectivity index (χ4n) is 8.05. The SMILES string of the molecule is c1ccc(-c2nc(-c3ccccc3)nc(-c3ccc(-c4ccc5oc6c(-c7ccc8ccccc8c7)c7ccccc7cc6c5c4)c4ccccc34)n2)cc1. The zero-order valence-electron chi connectivity index (χ0n) is 29.6. The predicted octanol–water partition coefficient (Wildman–Crippen LogP) is 13.6. The molecule has 0 saturated carbocycles. The predicted molar refractivity (Wildman–Crippen MR) is 227 cm³/mol. The third-order valence-corrected chi connectivity index (χ3v) is 10.7. The van der Waals surface area contributed by atoms with E-state index in [0.717, 1.165) is 71.7 Å². The van der Waals surface area contributed by atoms with Gasteiger partial charge in [-0.3, -0.25) is 0 Å². The summed E-state index contributed by atoms with van der Waals surface area (Å²) in [6.07, 6.45) is 0. The van der Waals surface area contributed by atoms with Gasteiger partial charge in [0.2, 0.25) is 0 Å². The second kappa shape index (κ2) is 12.6. The highest BCUT2D eigenvalue weighted by Gasteiger charge is 2.19. The lowest BCUT2D eigenvalue weighted by atomic mass is 9.92. The van der Waals surface area contributed by atoms with E-state index in [0.29, 0.717) is 17.5 Å². The zero-order chi connectivity index (χ0) is 36.3. The van der Waals surface area contributed by atoms with Crippen molar-refractivity contribution in [1.82, 2.24) is 15.0 Å². The van der Waals surface area contributed by atoms with Gasteiger partial charge in [0.1, 0.15) is 11.2 Å². The van der Waals surface area contributed by atoms with Crippen LogP contribution in [-0.4, -0.2) is 15.0 Å². The van der Waals surface area contributed by atoms with Crippen molar-refractivity contribution in [1.29, 1.82) is 0 Å². The Morgan fingerprint density at radius 1 is 0.309 bits per heavy atom. The maximum atomic E-state index is 6.79. The summed E-state index contributed by atoms with van der Waals surface area (Å²) in [5.74, 6) is 1.93. The Morgan fingerprint density at radius 3 is 1.60 bits per heavy atom. The Bertz CT molecular complexity index is 3200. The monoisotopic (exact) mass is 701 g/mol. The average Bonchev–Trinajstić information content (AvgIpc) is 3.62. The van der Waals surface area contributed by atoms with E-state index in [-0.39, 0.29) is 0 Å². The normalized spacial score (nSPS) is 11.6. The second-order valence-corrected chi connectivity index (χ2v) is 14.0. The highest BCUT2D eigenvalue weighted by Crippen LogP contribution is 2.44. The number of rotatable bonds is 5. The summed E-state index contributed by atoms with van der Waals surface area (Å²) in [5.41, 5.74) is 9.12. The Morgan fingerprint density at radius 2 is 0.873 bits per heavy atom. The van der Waals surface area contributed by atoms with Crippen LogP contribution in [0.5, 0.6) is 0 Å². The molecule has 0 aliphatic rings. The fourth-order valence-corrected chi connectivity index (χ4v) is 8.05. The fraction of sp³-hybridized carbons (Fsp3) is 0. The molecule has 0 unspecified atom stereocenters. The molecule has 0 aliphatic heterocycles. The topological polar surface area (TPSA) is 51.8 Å². The molecule has 2 aromatic heterocycles. The zero-order valence-corrected chi connectivity index (χ0v) is 29.6. The molecule has 11 rings (SSSR count). The van der Waals surface area contributed by atoms with Crippen LogP contribution in [0.15, 0.2) is 192 Å². The van der Waals surface area contributed by atoms with Gasteiger partial charge in [0.25, 0.3) is 0 Å². The van der Waals surface area contributed by atoms with Gasteiger partial charge < -0.3 is 4.42 Å². The van der Waals surface area contributed by atoms with Crippen LogP contribution < -0.4 is 0 Å². The molecule has 0 amide bonds. The lowest BCUT2D eigenvalue weighted by molar-refractivity contribution is 0.670. The molecule has 9 aromatic carbocycles. The smallest absolute Gasteiger partial charge is 0.164 e. The van der Waals surface area contributed by atoms with Crippen molar-refractivity contribution in [2.45, 2.75) is 0 Å². The standard InChI is InChI=1S/C51H31N3O/c1-3-14-33(15-4-1)49-52-50(34-16-5-2-6-17-34)54-51(53-49)43-27-26-39(41-21-11-12-22-42(41)43)37-25-28-46-44(30-37)45-31-36-19-9-10-20-40(36)47(48(45)55-46)38-24-23-32-13-7-8-18-35(32)29-38/h1-31H. The maximum absolute atomic E-state index is 6.79. The van der Waals surface area contributed by atoms with Gasteiger partial charge in [-0.05, 0) is 79.3 Å². The van der Waals surface area contributed by atoms with E-state index < -0.39 is 0 Å². The molecule has 0 atom stereocenters. The minimum absolute atomic E-state index is 0.639. The van der Waals surface area contributed by atoms with E-state index >= 15 is 0 Å². The highest BCUT2D eigenvalue weighted by atomic mass is 16.3. The van der Waals surface area contributed by atoms with Crippen molar-refractivity contribution in [2.75, 3.05) is 0 Å². The first-order chi connectivity index (χ1) is 27.2. The Kier molecular flexibility index (Phi) is 7.14. The van der Waals surface area contributed by atoms with E-state index in [2.05, 4.69) is 127 Å². The minimum atomic E-state index is 0.639. The van der Waals surface area contributed by atoms with E-state index in [1.165, 1.54) is 21.5 Å². The largest absolute Gasteiger partial charge is 0.455 e. The van der Waals surface area contributed by atoms with Gasteiger partial charge in [-0.2, -0.15) is 0 Å². The summed E-state index contributed by atoms with van der Waals surface area (Å²) >= 11 is 0. The molecule has 0 N–H and O–H groups in total. The van der Waals surface area contributed by atoms with Crippen LogP contribution >= 0.6 is 0 Å². The first kappa shape index (κ1) is 31.1. The van der Waals surface area contributed by atoms with Crippen molar-refractivity contribution in [3.63, 3.8) is 0 Å². The number of furan rings is 1. The molecule has 11 aromatic rings. The van der Waals surface area contributed by atoms with Crippen molar-refractivity contribution >= 4 is 54.3 Å². The number of benzene rings is 9. The molecule has 0 fully saturated rings. The van der Waals surface area contributed by atoms with Crippen LogP contribution in [-0.2, 0) is 0 Å². The molecular formula is C51H31N3O. The summed E-state index contributed by atoms with van der Waals surface area (Å²) in [5, 5.41) is 9.18. The van der Waals surface area contributed by atoms with Crippen molar-refractivity contribution in [3.05, 3.63) is 188 Å². The number of hydrogen-bond acceptors (Lipinski definition) is 4. The molecule has 0 saturated heterocycles. The molecule has 55 heavy (non-hydrogen) atoms. The van der Waals surface area contributed by atoms with Crippen molar-refractivity contribution in [2.24, 2.45) is 0 Å². The van der Waals surface area contributed by atoms with Gasteiger partial charge in [0, 0.05) is 33.0 Å². The molecular weight excluding hydrogens is 671 g/mol. The lowest BCUT2D eigenvalue weighted by Crippen LogP contribution is -2.00. The Balaban J connectivity index is 1.09. The summed E-state index contributed by atoms with van der Waals surface area (Å²) in [7, 11) is 0. The number of aromatic nitrogens is 3. The maximum Gasteiger partial charge on any atom is 0.164 e. The summed E-state index contributed by atoms with van der Waals surface area (Å²) < 4.78 is 6.79. The summed E-state index contributed by atoms with van der Waals surface area (Å²) in [6.45, 7) is 0. The van der Waals surface area contributed by atoms with Gasteiger partial charge in [0.05, 0.1) is 0 Å². The highest BCUT2D eigenvalue weighted by molar-refractivity contribution is 6.19. The Labute approximate surface area is 317 Å². The molecule has 256 valence electrons. The van der Waals surface area contributed by atoms with Gasteiger partial charge in [0.15, 0.2) is 17.5 Å². The van der Waals surface area contributed by atoms with Gasteiger partial charge in [-0.1, -0.05) is 158 Å². The molecule has 4 nitrogen and oxygen atoms in total.